The topological polar surface area (TPSA) is 28.4 Å². The molecule has 2 heterocycles. The van der Waals surface area contributed by atoms with Gasteiger partial charge in [-0.2, -0.15) is 0 Å². The van der Waals surface area contributed by atoms with Crippen LogP contribution in [0.4, 0.5) is 0 Å². The van der Waals surface area contributed by atoms with Crippen molar-refractivity contribution >= 4 is 0 Å². The van der Waals surface area contributed by atoms with E-state index in [0.29, 0.717) is 6.04 Å². The van der Waals surface area contributed by atoms with Crippen LogP contribution >= 0.6 is 0 Å². The molecule has 1 fully saturated rings. The predicted molar refractivity (Wildman–Crippen MR) is 80.4 cm³/mol. The van der Waals surface area contributed by atoms with Gasteiger partial charge in [-0.15, -0.1) is 0 Å². The molecule has 0 spiro atoms. The number of benzene rings is 1. The molecular formula is C17H22N2O. The lowest BCUT2D eigenvalue weighted by Crippen LogP contribution is -2.59. The number of nitrogens with one attached hydrogen (secondary N) is 1. The van der Waals surface area contributed by atoms with E-state index >= 15 is 0 Å². The normalized spacial score (nSPS) is 27.6. The number of hydrogen-bond donors (Lipinski definition) is 1. The maximum atomic E-state index is 5.50. The Balaban J connectivity index is 1.78. The van der Waals surface area contributed by atoms with Gasteiger partial charge in [-0.3, -0.25) is 4.90 Å². The fourth-order valence-electron chi connectivity index (χ4n) is 2.93. The molecular weight excluding hydrogens is 248 g/mol. The zero-order valence-electron chi connectivity index (χ0n) is 12.2. The summed E-state index contributed by atoms with van der Waals surface area (Å²) in [6.07, 6.45) is 1.75. The first-order chi connectivity index (χ1) is 9.67. The summed E-state index contributed by atoms with van der Waals surface area (Å²) in [5, 5.41) is 3.70. The van der Waals surface area contributed by atoms with E-state index in [2.05, 4.69) is 60.5 Å². The summed E-state index contributed by atoms with van der Waals surface area (Å²) in [5.41, 5.74) is 1.34. The second-order valence-electron chi connectivity index (χ2n) is 5.91. The lowest BCUT2D eigenvalue weighted by molar-refractivity contribution is 0.0813. The molecule has 2 aromatic rings. The molecule has 1 aromatic heterocycles. The first-order valence-corrected chi connectivity index (χ1v) is 7.24. The van der Waals surface area contributed by atoms with Crippen LogP contribution < -0.4 is 5.32 Å². The molecule has 1 aliphatic heterocycles. The fraction of sp³-hybridized carbons (Fsp3) is 0.412. The highest BCUT2D eigenvalue weighted by atomic mass is 16.3. The highest BCUT2D eigenvalue weighted by Crippen LogP contribution is 2.27. The van der Waals surface area contributed by atoms with E-state index in [1.165, 1.54) is 5.56 Å². The Hall–Kier alpha value is -1.58. The van der Waals surface area contributed by atoms with Crippen LogP contribution in [0.5, 0.6) is 0 Å². The number of nitrogens with zero attached hydrogens (tertiary/aromatic N) is 1. The maximum Gasteiger partial charge on any atom is 0.117 e. The van der Waals surface area contributed by atoms with Gasteiger partial charge in [0.2, 0.25) is 0 Å². The Kier molecular flexibility index (Phi) is 3.64. The number of piperazine rings is 1. The summed E-state index contributed by atoms with van der Waals surface area (Å²) in [7, 11) is 0. The van der Waals surface area contributed by atoms with E-state index in [0.717, 1.165) is 25.4 Å². The average Bonchev–Trinajstić information content (AvgIpc) is 2.97. The van der Waals surface area contributed by atoms with Crippen molar-refractivity contribution in [1.29, 1.82) is 0 Å². The number of hydrogen-bond acceptors (Lipinski definition) is 3. The molecule has 1 N–H and O–H groups in total. The van der Waals surface area contributed by atoms with Crippen molar-refractivity contribution in [2.45, 2.75) is 32.0 Å². The third-order valence-corrected chi connectivity index (χ3v) is 4.28. The standard InChI is InChI=1S/C17H22N2O/c1-14-11-18-17(2,15-7-4-3-5-8-15)13-19(14)12-16-9-6-10-20-16/h3-10,14,18H,11-13H2,1-2H3. The molecule has 0 bridgehead atoms. The smallest absolute Gasteiger partial charge is 0.117 e. The molecule has 20 heavy (non-hydrogen) atoms. The quantitative estimate of drug-likeness (QED) is 0.929. The molecule has 1 saturated heterocycles. The summed E-state index contributed by atoms with van der Waals surface area (Å²) in [6, 6.07) is 15.2. The van der Waals surface area contributed by atoms with E-state index in [1.807, 2.05) is 6.07 Å². The van der Waals surface area contributed by atoms with Crippen LogP contribution in [0.1, 0.15) is 25.2 Å². The number of rotatable bonds is 3. The van der Waals surface area contributed by atoms with Crippen molar-refractivity contribution in [3.8, 4) is 0 Å². The fourth-order valence-corrected chi connectivity index (χ4v) is 2.93. The zero-order valence-corrected chi connectivity index (χ0v) is 12.2. The van der Waals surface area contributed by atoms with Gasteiger partial charge in [-0.05, 0) is 31.5 Å². The van der Waals surface area contributed by atoms with Gasteiger partial charge in [0.25, 0.3) is 0 Å². The largest absolute Gasteiger partial charge is 0.468 e. The molecule has 1 aromatic carbocycles. The summed E-state index contributed by atoms with van der Waals surface area (Å²) in [5.74, 6) is 1.04. The Morgan fingerprint density at radius 3 is 2.75 bits per heavy atom. The van der Waals surface area contributed by atoms with Crippen molar-refractivity contribution in [3.05, 3.63) is 60.1 Å². The molecule has 3 heteroatoms. The molecule has 0 radical (unpaired) electrons. The van der Waals surface area contributed by atoms with E-state index in [-0.39, 0.29) is 5.54 Å². The minimum atomic E-state index is 0.000360. The Morgan fingerprint density at radius 1 is 1.25 bits per heavy atom. The summed E-state index contributed by atoms with van der Waals surface area (Å²) in [6.45, 7) is 7.40. The Bertz CT molecular complexity index is 537. The van der Waals surface area contributed by atoms with Crippen LogP contribution in [-0.4, -0.2) is 24.0 Å². The maximum absolute atomic E-state index is 5.50. The summed E-state index contributed by atoms with van der Waals surface area (Å²) < 4.78 is 5.50. The van der Waals surface area contributed by atoms with Crippen LogP contribution in [0.2, 0.25) is 0 Å². The van der Waals surface area contributed by atoms with Gasteiger partial charge in [0.05, 0.1) is 18.3 Å². The third kappa shape index (κ3) is 2.65. The van der Waals surface area contributed by atoms with Gasteiger partial charge in [0.1, 0.15) is 5.76 Å². The van der Waals surface area contributed by atoms with Crippen molar-refractivity contribution < 1.29 is 4.42 Å². The van der Waals surface area contributed by atoms with Gasteiger partial charge >= 0.3 is 0 Å². The lowest BCUT2D eigenvalue weighted by atomic mass is 9.88. The molecule has 3 nitrogen and oxygen atoms in total. The van der Waals surface area contributed by atoms with Crippen molar-refractivity contribution in [2.75, 3.05) is 13.1 Å². The first kappa shape index (κ1) is 13.4. The molecule has 2 unspecified atom stereocenters. The Labute approximate surface area is 120 Å². The second-order valence-corrected chi connectivity index (χ2v) is 5.91. The third-order valence-electron chi connectivity index (χ3n) is 4.28. The molecule has 3 rings (SSSR count). The van der Waals surface area contributed by atoms with Crippen molar-refractivity contribution in [1.82, 2.24) is 10.2 Å². The molecule has 0 aliphatic carbocycles. The van der Waals surface area contributed by atoms with Gasteiger partial charge < -0.3 is 9.73 Å². The van der Waals surface area contributed by atoms with Crippen LogP contribution in [0.3, 0.4) is 0 Å². The second kappa shape index (κ2) is 5.43. The molecule has 2 atom stereocenters. The van der Waals surface area contributed by atoms with Gasteiger partial charge in [0.15, 0.2) is 0 Å². The monoisotopic (exact) mass is 270 g/mol. The van der Waals surface area contributed by atoms with E-state index in [4.69, 9.17) is 4.42 Å². The molecule has 1 aliphatic rings. The van der Waals surface area contributed by atoms with Gasteiger partial charge in [-0.1, -0.05) is 30.3 Å². The van der Waals surface area contributed by atoms with Crippen LogP contribution in [-0.2, 0) is 12.1 Å². The minimum Gasteiger partial charge on any atom is -0.468 e. The average molecular weight is 270 g/mol. The highest BCUT2D eigenvalue weighted by molar-refractivity contribution is 5.25. The summed E-state index contributed by atoms with van der Waals surface area (Å²) in [4.78, 5) is 2.49. The van der Waals surface area contributed by atoms with E-state index in [1.54, 1.807) is 6.26 Å². The van der Waals surface area contributed by atoms with Crippen molar-refractivity contribution in [2.24, 2.45) is 0 Å². The highest BCUT2D eigenvalue weighted by Gasteiger charge is 2.35. The molecule has 0 amide bonds. The van der Waals surface area contributed by atoms with E-state index in [9.17, 15) is 0 Å². The van der Waals surface area contributed by atoms with Crippen LogP contribution in [0.25, 0.3) is 0 Å². The SMILES string of the molecule is CC1CNC(C)(c2ccccc2)CN1Cc1ccco1. The first-order valence-electron chi connectivity index (χ1n) is 7.24. The predicted octanol–water partition coefficient (Wildman–Crippen LogP) is 2.99. The van der Waals surface area contributed by atoms with E-state index < -0.39 is 0 Å². The summed E-state index contributed by atoms with van der Waals surface area (Å²) >= 11 is 0. The lowest BCUT2D eigenvalue weighted by Gasteiger charge is -2.45. The zero-order chi connectivity index (χ0) is 14.0. The molecule has 106 valence electrons. The van der Waals surface area contributed by atoms with Crippen LogP contribution in [0, 0.1) is 0 Å². The van der Waals surface area contributed by atoms with Crippen LogP contribution in [0.15, 0.2) is 53.1 Å². The van der Waals surface area contributed by atoms with Gasteiger partial charge in [0, 0.05) is 19.1 Å². The molecule has 0 saturated carbocycles. The van der Waals surface area contributed by atoms with Gasteiger partial charge in [-0.25, -0.2) is 0 Å². The minimum absolute atomic E-state index is 0.000360. The number of furan rings is 1. The van der Waals surface area contributed by atoms with Crippen molar-refractivity contribution in [3.63, 3.8) is 0 Å². The Morgan fingerprint density at radius 2 is 2.05 bits per heavy atom.